The van der Waals surface area contributed by atoms with Crippen molar-refractivity contribution in [1.29, 1.82) is 0 Å². The number of ether oxygens (including phenoxy) is 1. The minimum absolute atomic E-state index is 0.113. The van der Waals surface area contributed by atoms with E-state index in [1.807, 2.05) is 0 Å². The Hall–Kier alpha value is -0.200. The Morgan fingerprint density at radius 3 is 2.71 bits per heavy atom. The first-order valence-electron chi connectivity index (χ1n) is 8.57. The molecule has 0 amide bonds. The highest BCUT2D eigenvalue weighted by Gasteiger charge is 2.29. The molecule has 2 atom stereocenters. The van der Waals surface area contributed by atoms with Gasteiger partial charge in [-0.05, 0) is 45.8 Å². The summed E-state index contributed by atoms with van der Waals surface area (Å²) >= 11 is 0. The van der Waals surface area contributed by atoms with Crippen LogP contribution >= 0.6 is 0 Å². The molecule has 2 fully saturated rings. The second-order valence-corrected chi connectivity index (χ2v) is 6.74. The van der Waals surface area contributed by atoms with Crippen LogP contribution in [0.25, 0.3) is 0 Å². The summed E-state index contributed by atoms with van der Waals surface area (Å²) in [5.41, 5.74) is -0.113. The number of nitrogens with one attached hydrogen (secondary N) is 1. The van der Waals surface area contributed by atoms with E-state index in [1.165, 1.54) is 19.5 Å². The topological polar surface area (TPSA) is 48.0 Å². The molecule has 0 aromatic rings. The smallest absolute Gasteiger partial charge is 0.0610 e. The van der Waals surface area contributed by atoms with Crippen LogP contribution in [0.1, 0.15) is 33.1 Å². The van der Waals surface area contributed by atoms with Crippen molar-refractivity contribution in [3.63, 3.8) is 0 Å². The molecule has 2 saturated heterocycles. The maximum Gasteiger partial charge on any atom is 0.0610 e. The van der Waals surface area contributed by atoms with Crippen LogP contribution in [0.15, 0.2) is 0 Å². The third-order valence-corrected chi connectivity index (χ3v) is 4.96. The largest absolute Gasteiger partial charge is 0.394 e. The molecule has 0 aromatic carbocycles. The predicted molar refractivity (Wildman–Crippen MR) is 85.6 cm³/mol. The Kier molecular flexibility index (Phi) is 6.89. The zero-order valence-corrected chi connectivity index (χ0v) is 13.8. The van der Waals surface area contributed by atoms with Gasteiger partial charge in [0.2, 0.25) is 0 Å². The normalized spacial score (nSPS) is 27.9. The SMILES string of the molecule is CCNC(C)(CO)CCCN1CCC(N2CCOCC2)C1. The van der Waals surface area contributed by atoms with E-state index in [1.54, 1.807) is 0 Å². The van der Waals surface area contributed by atoms with E-state index >= 15 is 0 Å². The van der Waals surface area contributed by atoms with E-state index < -0.39 is 0 Å². The monoisotopic (exact) mass is 299 g/mol. The van der Waals surface area contributed by atoms with Gasteiger partial charge in [0.25, 0.3) is 0 Å². The minimum Gasteiger partial charge on any atom is -0.394 e. The number of likely N-dealkylation sites (N-methyl/N-ethyl adjacent to an activating group) is 1. The van der Waals surface area contributed by atoms with Crippen LogP contribution in [0.4, 0.5) is 0 Å². The molecule has 2 N–H and O–H groups in total. The third-order valence-electron chi connectivity index (χ3n) is 4.96. The number of hydrogen-bond acceptors (Lipinski definition) is 5. The zero-order chi connectivity index (χ0) is 15.1. The number of likely N-dealkylation sites (tertiary alicyclic amines) is 1. The quantitative estimate of drug-likeness (QED) is 0.685. The van der Waals surface area contributed by atoms with Crippen molar-refractivity contribution in [3.8, 4) is 0 Å². The fourth-order valence-corrected chi connectivity index (χ4v) is 3.60. The average Bonchev–Trinajstić information content (AvgIpc) is 2.97. The van der Waals surface area contributed by atoms with Gasteiger partial charge in [-0.1, -0.05) is 6.92 Å². The van der Waals surface area contributed by atoms with Crippen LogP contribution in [0.2, 0.25) is 0 Å². The second kappa shape index (κ2) is 8.44. The van der Waals surface area contributed by atoms with Crippen molar-refractivity contribution in [2.75, 3.05) is 59.1 Å². The number of aliphatic hydroxyl groups excluding tert-OH is 1. The molecule has 0 spiro atoms. The highest BCUT2D eigenvalue weighted by atomic mass is 16.5. The summed E-state index contributed by atoms with van der Waals surface area (Å²) < 4.78 is 5.44. The molecule has 0 radical (unpaired) electrons. The minimum atomic E-state index is -0.113. The van der Waals surface area contributed by atoms with E-state index in [4.69, 9.17) is 4.74 Å². The summed E-state index contributed by atoms with van der Waals surface area (Å²) in [4.78, 5) is 5.18. The van der Waals surface area contributed by atoms with Gasteiger partial charge >= 0.3 is 0 Å². The van der Waals surface area contributed by atoms with Crippen LogP contribution < -0.4 is 5.32 Å². The van der Waals surface area contributed by atoms with Gasteiger partial charge in [0.15, 0.2) is 0 Å². The molecule has 2 rings (SSSR count). The Morgan fingerprint density at radius 2 is 2.05 bits per heavy atom. The van der Waals surface area contributed by atoms with Gasteiger partial charge in [-0.15, -0.1) is 0 Å². The number of morpholine rings is 1. The molecule has 5 nitrogen and oxygen atoms in total. The first kappa shape index (κ1) is 17.2. The van der Waals surface area contributed by atoms with Gasteiger partial charge in [-0.25, -0.2) is 0 Å². The fraction of sp³-hybridized carbons (Fsp3) is 1.00. The molecule has 0 bridgehead atoms. The maximum atomic E-state index is 9.53. The van der Waals surface area contributed by atoms with E-state index in [9.17, 15) is 5.11 Å². The Balaban J connectivity index is 1.66. The Labute approximate surface area is 129 Å². The van der Waals surface area contributed by atoms with Crippen LogP contribution in [0.5, 0.6) is 0 Å². The van der Waals surface area contributed by atoms with Gasteiger partial charge in [0.1, 0.15) is 0 Å². The number of rotatable bonds is 8. The van der Waals surface area contributed by atoms with Crippen LogP contribution in [-0.2, 0) is 4.74 Å². The lowest BCUT2D eigenvalue weighted by Gasteiger charge is -2.32. The lowest BCUT2D eigenvalue weighted by atomic mass is 9.96. The fourth-order valence-electron chi connectivity index (χ4n) is 3.60. The zero-order valence-electron chi connectivity index (χ0n) is 13.8. The lowest BCUT2D eigenvalue weighted by molar-refractivity contribution is 0.0184. The molecule has 0 saturated carbocycles. The molecule has 2 aliphatic heterocycles. The van der Waals surface area contributed by atoms with Crippen molar-refractivity contribution < 1.29 is 9.84 Å². The van der Waals surface area contributed by atoms with Crippen molar-refractivity contribution in [2.45, 2.75) is 44.7 Å². The molecule has 2 aliphatic rings. The summed E-state index contributed by atoms with van der Waals surface area (Å²) in [5, 5.41) is 12.9. The molecule has 2 heterocycles. The molecule has 2 unspecified atom stereocenters. The molecular weight excluding hydrogens is 266 g/mol. The number of nitrogens with zero attached hydrogens (tertiary/aromatic N) is 2. The lowest BCUT2D eigenvalue weighted by Crippen LogP contribution is -2.46. The van der Waals surface area contributed by atoms with Gasteiger partial charge < -0.3 is 20.1 Å². The first-order chi connectivity index (χ1) is 10.2. The molecule has 0 aliphatic carbocycles. The Morgan fingerprint density at radius 1 is 1.29 bits per heavy atom. The summed E-state index contributed by atoms with van der Waals surface area (Å²) in [6.07, 6.45) is 3.49. The highest BCUT2D eigenvalue weighted by Crippen LogP contribution is 2.19. The summed E-state index contributed by atoms with van der Waals surface area (Å²) in [6.45, 7) is 12.9. The van der Waals surface area contributed by atoms with Crippen molar-refractivity contribution in [1.82, 2.24) is 15.1 Å². The summed E-state index contributed by atoms with van der Waals surface area (Å²) in [6, 6.07) is 0.729. The van der Waals surface area contributed by atoms with Gasteiger partial charge in [-0.3, -0.25) is 4.90 Å². The first-order valence-corrected chi connectivity index (χ1v) is 8.57. The second-order valence-electron chi connectivity index (χ2n) is 6.74. The van der Waals surface area contributed by atoms with Gasteiger partial charge in [-0.2, -0.15) is 0 Å². The molecular formula is C16H33N3O2. The van der Waals surface area contributed by atoms with Crippen LogP contribution in [0.3, 0.4) is 0 Å². The van der Waals surface area contributed by atoms with Gasteiger partial charge in [0.05, 0.1) is 19.8 Å². The summed E-state index contributed by atoms with van der Waals surface area (Å²) in [5.74, 6) is 0. The third kappa shape index (κ3) is 5.18. The molecule has 21 heavy (non-hydrogen) atoms. The Bertz CT molecular complexity index is 297. The van der Waals surface area contributed by atoms with Gasteiger partial charge in [0, 0.05) is 31.2 Å². The number of aliphatic hydroxyl groups is 1. The van der Waals surface area contributed by atoms with E-state index in [-0.39, 0.29) is 12.1 Å². The van der Waals surface area contributed by atoms with Crippen LogP contribution in [-0.4, -0.2) is 85.6 Å². The standard InChI is InChI=1S/C16H33N3O2/c1-3-17-16(2,14-20)6-4-7-18-8-5-15(13-18)19-9-11-21-12-10-19/h15,17,20H,3-14H2,1-2H3. The average molecular weight is 299 g/mol. The van der Waals surface area contributed by atoms with Crippen molar-refractivity contribution in [3.05, 3.63) is 0 Å². The van der Waals surface area contributed by atoms with E-state index in [0.29, 0.717) is 0 Å². The predicted octanol–water partition coefficient (Wildman–Crippen LogP) is 0.534. The van der Waals surface area contributed by atoms with E-state index in [0.717, 1.165) is 58.3 Å². The van der Waals surface area contributed by atoms with Crippen molar-refractivity contribution in [2.24, 2.45) is 0 Å². The molecule has 124 valence electrons. The highest BCUT2D eigenvalue weighted by molar-refractivity contribution is 4.86. The molecule has 5 heteroatoms. The molecule has 0 aromatic heterocycles. The van der Waals surface area contributed by atoms with Crippen LogP contribution in [0, 0.1) is 0 Å². The number of hydrogen-bond donors (Lipinski definition) is 2. The van der Waals surface area contributed by atoms with E-state index in [2.05, 4.69) is 29.0 Å². The van der Waals surface area contributed by atoms with Crippen molar-refractivity contribution >= 4 is 0 Å². The summed E-state index contributed by atoms with van der Waals surface area (Å²) in [7, 11) is 0. The maximum absolute atomic E-state index is 9.53.